The average molecular weight is 270 g/mol. The summed E-state index contributed by atoms with van der Waals surface area (Å²) in [6, 6.07) is 0.418. The molecule has 1 aromatic rings. The van der Waals surface area contributed by atoms with E-state index in [2.05, 4.69) is 21.0 Å². The topological polar surface area (TPSA) is 98.7 Å². The normalized spacial score (nSPS) is 17.9. The smallest absolute Gasteiger partial charge is 0.237 e. The minimum Gasteiger partial charge on any atom is -0.294 e. The molecule has 3 N–H and O–H groups in total. The van der Waals surface area contributed by atoms with E-state index in [1.165, 1.54) is 24.6 Å². The molecule has 1 fully saturated rings. The summed E-state index contributed by atoms with van der Waals surface area (Å²) in [5, 5.41) is 12.6. The first-order chi connectivity index (χ1) is 8.72. The molecule has 0 aliphatic heterocycles. The minimum absolute atomic E-state index is 0.159. The summed E-state index contributed by atoms with van der Waals surface area (Å²) in [6.07, 6.45) is 4.75. The Bertz CT molecular complexity index is 403. The van der Waals surface area contributed by atoms with Gasteiger partial charge in [-0.1, -0.05) is 31.5 Å². The van der Waals surface area contributed by atoms with Crippen LogP contribution < -0.4 is 11.3 Å². The highest BCUT2D eigenvalue weighted by Gasteiger charge is 2.22. The number of nitrogens with two attached hydrogens (primary N) is 1. The Morgan fingerprint density at radius 3 is 3.00 bits per heavy atom. The van der Waals surface area contributed by atoms with Gasteiger partial charge in [0.05, 0.1) is 6.04 Å². The van der Waals surface area contributed by atoms with E-state index in [9.17, 15) is 4.79 Å². The van der Waals surface area contributed by atoms with Crippen LogP contribution in [0.25, 0.3) is 0 Å². The molecule has 0 bridgehead atoms. The number of amides is 1. The molecular weight excluding hydrogens is 252 g/mol. The van der Waals surface area contributed by atoms with Crippen LogP contribution in [0.3, 0.4) is 0 Å². The summed E-state index contributed by atoms with van der Waals surface area (Å²) in [5.74, 6) is 5.40. The van der Waals surface area contributed by atoms with Crippen molar-refractivity contribution in [2.45, 2.75) is 43.8 Å². The molecule has 1 heterocycles. The molecule has 0 aromatic carbocycles. The molecule has 8 heteroatoms. The maximum Gasteiger partial charge on any atom is 0.237 e. The number of carbonyl (C=O) groups is 1. The van der Waals surface area contributed by atoms with Crippen molar-refractivity contribution in [3.63, 3.8) is 0 Å². The molecule has 1 atom stereocenters. The highest BCUT2D eigenvalue weighted by atomic mass is 32.2. The third kappa shape index (κ3) is 2.99. The van der Waals surface area contributed by atoms with Gasteiger partial charge in [0.25, 0.3) is 0 Å². The summed E-state index contributed by atoms with van der Waals surface area (Å²) in [7, 11) is 0. The number of carbonyl (C=O) groups excluding carboxylic acids is 1. The van der Waals surface area contributed by atoms with Gasteiger partial charge >= 0.3 is 0 Å². The lowest BCUT2D eigenvalue weighted by Crippen LogP contribution is -2.35. The van der Waals surface area contributed by atoms with Crippen molar-refractivity contribution >= 4 is 17.7 Å². The molecule has 1 unspecified atom stereocenters. The Labute approximate surface area is 110 Å². The first-order valence-corrected chi connectivity index (χ1v) is 7.12. The number of tetrazole rings is 1. The van der Waals surface area contributed by atoms with Crippen LogP contribution in [0.15, 0.2) is 5.16 Å². The van der Waals surface area contributed by atoms with Gasteiger partial charge in [0.2, 0.25) is 11.1 Å². The van der Waals surface area contributed by atoms with E-state index in [4.69, 9.17) is 5.84 Å². The Kier molecular flexibility index (Phi) is 4.54. The molecule has 1 aromatic heterocycles. The molecule has 1 amide bonds. The number of nitrogens with one attached hydrogen (secondary N) is 1. The van der Waals surface area contributed by atoms with E-state index in [-0.39, 0.29) is 11.8 Å². The molecule has 0 radical (unpaired) electrons. The number of rotatable bonds is 5. The Hall–Kier alpha value is -1.15. The van der Waals surface area contributed by atoms with E-state index >= 15 is 0 Å². The van der Waals surface area contributed by atoms with Gasteiger partial charge in [0.1, 0.15) is 0 Å². The third-order valence-corrected chi connectivity index (χ3v) is 4.38. The maximum atomic E-state index is 11.3. The number of hydrogen-bond donors (Lipinski definition) is 2. The Morgan fingerprint density at radius 1 is 1.61 bits per heavy atom. The molecule has 100 valence electrons. The lowest BCUT2D eigenvalue weighted by molar-refractivity contribution is -0.123. The minimum atomic E-state index is -0.164. The average Bonchev–Trinajstić information content (AvgIpc) is 3.04. The number of aromatic nitrogens is 4. The van der Waals surface area contributed by atoms with Gasteiger partial charge in [0, 0.05) is 11.7 Å². The van der Waals surface area contributed by atoms with Gasteiger partial charge in [-0.25, -0.2) is 10.5 Å². The predicted molar refractivity (Wildman–Crippen MR) is 67.5 cm³/mol. The Morgan fingerprint density at radius 2 is 2.33 bits per heavy atom. The molecular formula is C10H18N6OS. The van der Waals surface area contributed by atoms with Crippen molar-refractivity contribution in [1.29, 1.82) is 0 Å². The largest absolute Gasteiger partial charge is 0.294 e. The number of hydrazine groups is 1. The summed E-state index contributed by atoms with van der Waals surface area (Å²) >= 11 is 1.50. The highest BCUT2D eigenvalue weighted by molar-refractivity contribution is 7.99. The van der Waals surface area contributed by atoms with Crippen LogP contribution in [0, 0.1) is 5.92 Å². The second-order valence-corrected chi connectivity index (χ2v) is 5.55. The molecule has 0 spiro atoms. The SMILES string of the molecule is CC(CSc1nnnn1C1CCCC1)C(=O)NN. The summed E-state index contributed by atoms with van der Waals surface area (Å²) < 4.78 is 1.89. The standard InChI is InChI=1S/C10H18N6OS/c1-7(9(17)12-11)6-18-10-13-14-15-16(10)8-4-2-3-5-8/h7-8H,2-6,11H2,1H3,(H,12,17). The van der Waals surface area contributed by atoms with Crippen molar-refractivity contribution < 1.29 is 4.79 Å². The molecule has 1 aliphatic rings. The molecule has 1 saturated carbocycles. The Balaban J connectivity index is 1.93. The maximum absolute atomic E-state index is 11.3. The monoisotopic (exact) mass is 270 g/mol. The van der Waals surface area contributed by atoms with Crippen LogP contribution in [-0.4, -0.2) is 31.9 Å². The fraction of sp³-hybridized carbons (Fsp3) is 0.800. The van der Waals surface area contributed by atoms with Crippen molar-refractivity contribution in [3.8, 4) is 0 Å². The van der Waals surface area contributed by atoms with Gasteiger partial charge in [-0.2, -0.15) is 0 Å². The second kappa shape index (κ2) is 6.14. The summed E-state index contributed by atoms with van der Waals surface area (Å²) in [4.78, 5) is 11.3. The summed E-state index contributed by atoms with van der Waals surface area (Å²) in [6.45, 7) is 1.83. The van der Waals surface area contributed by atoms with Crippen LogP contribution in [0.4, 0.5) is 0 Å². The highest BCUT2D eigenvalue weighted by Crippen LogP contribution is 2.31. The lowest BCUT2D eigenvalue weighted by atomic mass is 10.2. The van der Waals surface area contributed by atoms with Gasteiger partial charge in [-0.05, 0) is 23.3 Å². The van der Waals surface area contributed by atoms with E-state index in [1.54, 1.807) is 0 Å². The van der Waals surface area contributed by atoms with Gasteiger partial charge in [-0.3, -0.25) is 10.2 Å². The van der Waals surface area contributed by atoms with Crippen molar-refractivity contribution in [3.05, 3.63) is 0 Å². The third-order valence-electron chi connectivity index (χ3n) is 3.19. The van der Waals surface area contributed by atoms with E-state index in [0.717, 1.165) is 18.0 Å². The van der Waals surface area contributed by atoms with Crippen LogP contribution >= 0.6 is 11.8 Å². The molecule has 1 aliphatic carbocycles. The van der Waals surface area contributed by atoms with Crippen molar-refractivity contribution in [1.82, 2.24) is 25.6 Å². The zero-order chi connectivity index (χ0) is 13.0. The number of thioether (sulfide) groups is 1. The van der Waals surface area contributed by atoms with Gasteiger partial charge < -0.3 is 0 Å². The second-order valence-electron chi connectivity index (χ2n) is 4.56. The molecule has 2 rings (SSSR count). The quantitative estimate of drug-likeness (QED) is 0.350. The zero-order valence-corrected chi connectivity index (χ0v) is 11.2. The fourth-order valence-electron chi connectivity index (χ4n) is 2.08. The van der Waals surface area contributed by atoms with Crippen molar-refractivity contribution in [2.24, 2.45) is 11.8 Å². The van der Waals surface area contributed by atoms with E-state index in [1.807, 2.05) is 11.6 Å². The lowest BCUT2D eigenvalue weighted by Gasteiger charge is -2.12. The van der Waals surface area contributed by atoms with E-state index in [0.29, 0.717) is 11.8 Å². The van der Waals surface area contributed by atoms with Gasteiger partial charge in [-0.15, -0.1) is 5.10 Å². The van der Waals surface area contributed by atoms with Crippen molar-refractivity contribution in [2.75, 3.05) is 5.75 Å². The molecule has 7 nitrogen and oxygen atoms in total. The van der Waals surface area contributed by atoms with Gasteiger partial charge in [0.15, 0.2) is 0 Å². The predicted octanol–water partition coefficient (Wildman–Crippen LogP) is 0.506. The van der Waals surface area contributed by atoms with E-state index < -0.39 is 0 Å². The number of nitrogens with zero attached hydrogens (tertiary/aromatic N) is 4. The number of hydrogen-bond acceptors (Lipinski definition) is 6. The fourth-order valence-corrected chi connectivity index (χ4v) is 3.04. The van der Waals surface area contributed by atoms with Crippen LogP contribution in [0.2, 0.25) is 0 Å². The molecule has 18 heavy (non-hydrogen) atoms. The molecule has 0 saturated heterocycles. The first-order valence-electron chi connectivity index (χ1n) is 6.13. The van der Waals surface area contributed by atoms with Crippen LogP contribution in [-0.2, 0) is 4.79 Å². The first kappa shape index (κ1) is 13.3. The van der Waals surface area contributed by atoms with Crippen LogP contribution in [0.1, 0.15) is 38.6 Å². The van der Waals surface area contributed by atoms with Crippen LogP contribution in [0.5, 0.6) is 0 Å². The zero-order valence-electron chi connectivity index (χ0n) is 10.4. The summed E-state index contributed by atoms with van der Waals surface area (Å²) in [5.41, 5.74) is 2.15.